The quantitative estimate of drug-likeness (QED) is 0.924. The van der Waals surface area contributed by atoms with Crippen LogP contribution in [0.5, 0.6) is 0 Å². The second kappa shape index (κ2) is 6.85. The lowest BCUT2D eigenvalue weighted by atomic mass is 10.0. The number of hydrogen-bond acceptors (Lipinski definition) is 3. The summed E-state index contributed by atoms with van der Waals surface area (Å²) in [6.07, 6.45) is 1.05. The Labute approximate surface area is 142 Å². The van der Waals surface area contributed by atoms with Crippen LogP contribution in [0, 0.1) is 6.92 Å². The molecule has 0 saturated carbocycles. The molecule has 1 aliphatic heterocycles. The molecule has 0 fully saturated rings. The molecule has 122 valence electrons. The van der Waals surface area contributed by atoms with E-state index in [9.17, 15) is 4.79 Å². The van der Waals surface area contributed by atoms with Gasteiger partial charge in [0.15, 0.2) is 0 Å². The third kappa shape index (κ3) is 3.48. The number of hydrogen-bond donors (Lipinski definition) is 1. The first kappa shape index (κ1) is 16.2. The lowest BCUT2D eigenvalue weighted by molar-refractivity contribution is -0.123. The van der Waals surface area contributed by atoms with Gasteiger partial charge in [-0.3, -0.25) is 9.69 Å². The predicted molar refractivity (Wildman–Crippen MR) is 95.7 cm³/mol. The van der Waals surface area contributed by atoms with Crippen molar-refractivity contribution >= 4 is 17.2 Å². The lowest BCUT2D eigenvalue weighted by Crippen LogP contribution is -2.42. The maximum Gasteiger partial charge on any atom is 0.234 e. The van der Waals surface area contributed by atoms with Crippen LogP contribution in [-0.4, -0.2) is 23.9 Å². The average molecular weight is 328 g/mol. The summed E-state index contributed by atoms with van der Waals surface area (Å²) in [6.45, 7) is 7.76. The summed E-state index contributed by atoms with van der Waals surface area (Å²) in [4.78, 5) is 16.2. The van der Waals surface area contributed by atoms with Crippen LogP contribution >= 0.6 is 11.3 Å². The molecule has 0 spiro atoms. The molecule has 1 amide bonds. The molecule has 0 radical (unpaired) electrons. The third-order valence-corrected chi connectivity index (χ3v) is 5.78. The molecule has 1 aromatic carbocycles. The van der Waals surface area contributed by atoms with Crippen LogP contribution < -0.4 is 5.32 Å². The van der Waals surface area contributed by atoms with Crippen LogP contribution in [0.3, 0.4) is 0 Å². The minimum atomic E-state index is 0.0421. The number of carbonyl (C=O) groups excluding carboxylic acids is 1. The minimum Gasteiger partial charge on any atom is -0.348 e. The molecule has 1 aliphatic rings. The van der Waals surface area contributed by atoms with E-state index in [0.717, 1.165) is 13.0 Å². The van der Waals surface area contributed by atoms with Crippen molar-refractivity contribution < 1.29 is 4.79 Å². The maximum absolute atomic E-state index is 12.5. The van der Waals surface area contributed by atoms with Crippen molar-refractivity contribution in [3.63, 3.8) is 0 Å². The molecular weight excluding hydrogens is 304 g/mol. The Hall–Kier alpha value is -1.65. The highest BCUT2D eigenvalue weighted by Gasteiger charge is 2.26. The van der Waals surface area contributed by atoms with E-state index in [0.29, 0.717) is 12.6 Å². The highest BCUT2D eigenvalue weighted by Crippen LogP contribution is 2.32. The van der Waals surface area contributed by atoms with E-state index >= 15 is 0 Å². The molecule has 0 saturated heterocycles. The molecule has 3 rings (SSSR count). The molecule has 2 aromatic rings. The largest absolute Gasteiger partial charge is 0.348 e. The van der Waals surface area contributed by atoms with Crippen LogP contribution in [0.15, 0.2) is 35.7 Å². The first-order valence-electron chi connectivity index (χ1n) is 8.21. The summed E-state index contributed by atoms with van der Waals surface area (Å²) in [5.41, 5.74) is 3.79. The highest BCUT2D eigenvalue weighted by atomic mass is 32.1. The number of thiophene rings is 1. The topological polar surface area (TPSA) is 32.3 Å². The van der Waals surface area contributed by atoms with Gasteiger partial charge < -0.3 is 5.32 Å². The first-order chi connectivity index (χ1) is 11.1. The monoisotopic (exact) mass is 328 g/mol. The summed E-state index contributed by atoms with van der Waals surface area (Å²) < 4.78 is 0. The Morgan fingerprint density at radius 1 is 1.39 bits per heavy atom. The molecule has 0 bridgehead atoms. The molecule has 2 heterocycles. The molecule has 23 heavy (non-hydrogen) atoms. The number of amides is 1. The molecule has 1 N–H and O–H groups in total. The number of nitrogens with one attached hydrogen (secondary N) is 1. The van der Waals surface area contributed by atoms with Crippen LogP contribution in [-0.2, 0) is 11.2 Å². The van der Waals surface area contributed by atoms with Gasteiger partial charge in [0.25, 0.3) is 0 Å². The second-order valence-electron chi connectivity index (χ2n) is 6.34. The fourth-order valence-corrected chi connectivity index (χ4v) is 4.36. The van der Waals surface area contributed by atoms with Crippen molar-refractivity contribution in [2.75, 3.05) is 13.1 Å². The van der Waals surface area contributed by atoms with Gasteiger partial charge in [0.05, 0.1) is 12.6 Å². The van der Waals surface area contributed by atoms with Crippen molar-refractivity contribution in [2.45, 2.75) is 39.3 Å². The van der Waals surface area contributed by atoms with E-state index in [-0.39, 0.29) is 11.9 Å². The van der Waals surface area contributed by atoms with E-state index in [1.165, 1.54) is 21.6 Å². The number of aryl methyl sites for hydroxylation is 1. The Morgan fingerprint density at radius 3 is 2.96 bits per heavy atom. The number of fused-ring (bicyclic) bond motifs is 1. The molecule has 0 aliphatic carbocycles. The molecule has 1 aromatic heterocycles. The van der Waals surface area contributed by atoms with Crippen LogP contribution in [0.2, 0.25) is 0 Å². The number of benzene rings is 1. The van der Waals surface area contributed by atoms with Crippen LogP contribution in [0.4, 0.5) is 0 Å². The molecule has 2 unspecified atom stereocenters. The van der Waals surface area contributed by atoms with Gasteiger partial charge in [-0.25, -0.2) is 0 Å². The van der Waals surface area contributed by atoms with Gasteiger partial charge in [-0.15, -0.1) is 11.3 Å². The normalized spacial score (nSPS) is 19.2. The standard InChI is InChI=1S/C19H24N2OS/c1-13-6-4-5-7-16(13)14(2)20-19(22)12-21-10-8-18-17(15(21)3)9-11-23-18/h4-7,9,11,14-15H,8,10,12H2,1-3H3,(H,20,22). The Morgan fingerprint density at radius 2 is 2.17 bits per heavy atom. The smallest absolute Gasteiger partial charge is 0.234 e. The SMILES string of the molecule is Cc1ccccc1C(C)NC(=O)CN1CCc2sccc2C1C. The number of nitrogens with zero attached hydrogens (tertiary/aromatic N) is 1. The van der Waals surface area contributed by atoms with Gasteiger partial charge in [-0.05, 0) is 55.3 Å². The van der Waals surface area contributed by atoms with Gasteiger partial charge in [0.1, 0.15) is 0 Å². The molecule has 4 heteroatoms. The molecular formula is C19H24N2OS. The third-order valence-electron chi connectivity index (χ3n) is 4.78. The fraction of sp³-hybridized carbons (Fsp3) is 0.421. The van der Waals surface area contributed by atoms with Gasteiger partial charge in [0.2, 0.25) is 5.91 Å². The van der Waals surface area contributed by atoms with Crippen molar-refractivity contribution in [3.8, 4) is 0 Å². The highest BCUT2D eigenvalue weighted by molar-refractivity contribution is 7.10. The average Bonchev–Trinajstić information content (AvgIpc) is 3.00. The van der Waals surface area contributed by atoms with E-state index in [2.05, 4.69) is 54.6 Å². The minimum absolute atomic E-state index is 0.0421. The zero-order valence-corrected chi connectivity index (χ0v) is 14.8. The van der Waals surface area contributed by atoms with Crippen LogP contribution in [0.25, 0.3) is 0 Å². The van der Waals surface area contributed by atoms with Gasteiger partial charge in [-0.2, -0.15) is 0 Å². The number of rotatable bonds is 4. The Kier molecular flexibility index (Phi) is 4.83. The summed E-state index contributed by atoms with van der Waals surface area (Å²) >= 11 is 1.83. The van der Waals surface area contributed by atoms with E-state index in [4.69, 9.17) is 0 Å². The summed E-state index contributed by atoms with van der Waals surface area (Å²) in [5.74, 6) is 0.103. The summed E-state index contributed by atoms with van der Waals surface area (Å²) in [7, 11) is 0. The van der Waals surface area contributed by atoms with Gasteiger partial charge in [0, 0.05) is 17.5 Å². The lowest BCUT2D eigenvalue weighted by Gasteiger charge is -2.33. The van der Waals surface area contributed by atoms with Gasteiger partial charge in [-0.1, -0.05) is 24.3 Å². The van der Waals surface area contributed by atoms with Crippen molar-refractivity contribution in [2.24, 2.45) is 0 Å². The van der Waals surface area contributed by atoms with E-state index in [1.807, 2.05) is 23.5 Å². The van der Waals surface area contributed by atoms with E-state index < -0.39 is 0 Å². The number of carbonyl (C=O) groups is 1. The predicted octanol–water partition coefficient (Wildman–Crippen LogP) is 3.85. The van der Waals surface area contributed by atoms with Crippen molar-refractivity contribution in [1.29, 1.82) is 0 Å². The van der Waals surface area contributed by atoms with E-state index in [1.54, 1.807) is 0 Å². The first-order valence-corrected chi connectivity index (χ1v) is 9.09. The van der Waals surface area contributed by atoms with Crippen molar-refractivity contribution in [3.05, 3.63) is 57.3 Å². The Bertz CT molecular complexity index is 694. The zero-order valence-electron chi connectivity index (χ0n) is 14.0. The fourth-order valence-electron chi connectivity index (χ4n) is 3.40. The summed E-state index contributed by atoms with van der Waals surface area (Å²) in [5, 5.41) is 5.30. The summed E-state index contributed by atoms with van der Waals surface area (Å²) in [6, 6.07) is 10.8. The maximum atomic E-state index is 12.5. The molecule has 2 atom stereocenters. The van der Waals surface area contributed by atoms with Gasteiger partial charge >= 0.3 is 0 Å². The van der Waals surface area contributed by atoms with Crippen LogP contribution in [0.1, 0.15) is 47.5 Å². The molecule has 3 nitrogen and oxygen atoms in total. The van der Waals surface area contributed by atoms with Crippen molar-refractivity contribution in [1.82, 2.24) is 10.2 Å². The zero-order chi connectivity index (χ0) is 16.4. The second-order valence-corrected chi connectivity index (χ2v) is 7.34. The Balaban J connectivity index is 1.61.